The van der Waals surface area contributed by atoms with Crippen molar-refractivity contribution in [2.24, 2.45) is 0 Å². The van der Waals surface area contributed by atoms with Gasteiger partial charge in [0.15, 0.2) is 0 Å². The maximum absolute atomic E-state index is 5.30. The summed E-state index contributed by atoms with van der Waals surface area (Å²) in [7, 11) is 0. The highest BCUT2D eigenvalue weighted by Gasteiger charge is 2.03. The lowest BCUT2D eigenvalue weighted by Crippen LogP contribution is -1.99. The molecule has 0 aliphatic heterocycles. The summed E-state index contributed by atoms with van der Waals surface area (Å²) >= 11 is 3.43. The van der Waals surface area contributed by atoms with Crippen LogP contribution in [0.4, 0.5) is 5.69 Å². The second-order valence-electron chi connectivity index (χ2n) is 3.96. The number of fused-ring (bicyclic) bond motifs is 1. The molecular weight excluding hydrogens is 292 g/mol. The van der Waals surface area contributed by atoms with Gasteiger partial charge < -0.3 is 9.73 Å². The van der Waals surface area contributed by atoms with Crippen LogP contribution in [-0.4, -0.2) is 4.98 Å². The zero-order valence-electron chi connectivity index (χ0n) is 9.56. The van der Waals surface area contributed by atoms with Gasteiger partial charge in [-0.1, -0.05) is 12.1 Å². The van der Waals surface area contributed by atoms with E-state index in [2.05, 4.69) is 32.3 Å². The number of benzene rings is 1. The van der Waals surface area contributed by atoms with E-state index in [1.165, 1.54) is 0 Å². The number of pyridine rings is 1. The standard InChI is InChI=1S/C14H11BrN2O/c15-11-7-10-3-1-5-13(14(10)17-8-11)16-9-12-4-2-6-18-12/h1-8,16H,9H2. The number of furan rings is 1. The number of hydrogen-bond donors (Lipinski definition) is 1. The van der Waals surface area contributed by atoms with Crippen LogP contribution >= 0.6 is 15.9 Å². The van der Waals surface area contributed by atoms with E-state index in [4.69, 9.17) is 4.42 Å². The molecule has 3 aromatic rings. The van der Waals surface area contributed by atoms with Gasteiger partial charge in [-0.3, -0.25) is 4.98 Å². The molecule has 0 saturated carbocycles. The zero-order chi connectivity index (χ0) is 12.4. The molecule has 0 aliphatic rings. The Morgan fingerprint density at radius 1 is 1.22 bits per heavy atom. The van der Waals surface area contributed by atoms with E-state index >= 15 is 0 Å². The molecule has 0 saturated heterocycles. The lowest BCUT2D eigenvalue weighted by molar-refractivity contribution is 0.518. The van der Waals surface area contributed by atoms with E-state index in [-0.39, 0.29) is 0 Å². The largest absolute Gasteiger partial charge is 0.467 e. The van der Waals surface area contributed by atoms with E-state index in [1.54, 1.807) is 12.5 Å². The van der Waals surface area contributed by atoms with Crippen molar-refractivity contribution in [3.63, 3.8) is 0 Å². The molecule has 3 rings (SSSR count). The summed E-state index contributed by atoms with van der Waals surface area (Å²) in [6.07, 6.45) is 3.48. The third-order valence-electron chi connectivity index (χ3n) is 2.71. The van der Waals surface area contributed by atoms with Crippen molar-refractivity contribution >= 4 is 32.5 Å². The number of nitrogens with zero attached hydrogens (tertiary/aromatic N) is 1. The van der Waals surface area contributed by atoms with Crippen molar-refractivity contribution in [2.45, 2.75) is 6.54 Å². The second kappa shape index (κ2) is 4.82. The minimum absolute atomic E-state index is 0.657. The van der Waals surface area contributed by atoms with Crippen molar-refractivity contribution in [3.8, 4) is 0 Å². The number of rotatable bonds is 3. The first-order valence-electron chi connectivity index (χ1n) is 5.63. The van der Waals surface area contributed by atoms with Crippen molar-refractivity contribution in [3.05, 3.63) is 59.1 Å². The summed E-state index contributed by atoms with van der Waals surface area (Å²) in [6, 6.07) is 12.0. The number of nitrogens with one attached hydrogen (secondary N) is 1. The molecule has 1 aromatic carbocycles. The molecule has 0 spiro atoms. The van der Waals surface area contributed by atoms with Crippen molar-refractivity contribution < 1.29 is 4.42 Å². The molecule has 3 nitrogen and oxygen atoms in total. The number of halogens is 1. The highest BCUT2D eigenvalue weighted by atomic mass is 79.9. The Morgan fingerprint density at radius 2 is 2.17 bits per heavy atom. The summed E-state index contributed by atoms with van der Waals surface area (Å²) in [5.74, 6) is 0.907. The van der Waals surface area contributed by atoms with E-state index in [1.807, 2.05) is 30.3 Å². The predicted molar refractivity (Wildman–Crippen MR) is 75.5 cm³/mol. The van der Waals surface area contributed by atoms with Crippen LogP contribution in [0.2, 0.25) is 0 Å². The van der Waals surface area contributed by atoms with Crippen LogP contribution < -0.4 is 5.32 Å². The van der Waals surface area contributed by atoms with Gasteiger partial charge in [0, 0.05) is 16.1 Å². The molecule has 0 aliphatic carbocycles. The molecule has 90 valence electrons. The Morgan fingerprint density at radius 3 is 3.00 bits per heavy atom. The van der Waals surface area contributed by atoms with Crippen LogP contribution in [0.1, 0.15) is 5.76 Å². The summed E-state index contributed by atoms with van der Waals surface area (Å²) in [6.45, 7) is 0.657. The smallest absolute Gasteiger partial charge is 0.122 e. The van der Waals surface area contributed by atoms with Crippen LogP contribution in [-0.2, 0) is 6.54 Å². The first-order valence-corrected chi connectivity index (χ1v) is 6.43. The van der Waals surface area contributed by atoms with Gasteiger partial charge >= 0.3 is 0 Å². The van der Waals surface area contributed by atoms with Gasteiger partial charge in [-0.25, -0.2) is 0 Å². The molecule has 2 aromatic heterocycles. The molecule has 0 atom stereocenters. The average Bonchev–Trinajstić information content (AvgIpc) is 2.89. The highest BCUT2D eigenvalue weighted by Crippen LogP contribution is 2.24. The monoisotopic (exact) mass is 302 g/mol. The van der Waals surface area contributed by atoms with E-state index in [9.17, 15) is 0 Å². The fourth-order valence-corrected chi connectivity index (χ4v) is 2.22. The molecule has 18 heavy (non-hydrogen) atoms. The molecule has 4 heteroatoms. The lowest BCUT2D eigenvalue weighted by atomic mass is 10.2. The summed E-state index contributed by atoms with van der Waals surface area (Å²) < 4.78 is 6.28. The summed E-state index contributed by atoms with van der Waals surface area (Å²) in [4.78, 5) is 4.44. The normalized spacial score (nSPS) is 10.7. The van der Waals surface area contributed by atoms with Gasteiger partial charge in [0.1, 0.15) is 5.76 Å². The van der Waals surface area contributed by atoms with E-state index in [0.717, 1.165) is 26.8 Å². The first-order chi connectivity index (χ1) is 8.83. The van der Waals surface area contributed by atoms with Crippen LogP contribution in [0.15, 0.2) is 57.7 Å². The van der Waals surface area contributed by atoms with Crippen LogP contribution in [0.25, 0.3) is 10.9 Å². The molecule has 0 radical (unpaired) electrons. The Balaban J connectivity index is 1.92. The van der Waals surface area contributed by atoms with Gasteiger partial charge in [-0.05, 0) is 40.2 Å². The summed E-state index contributed by atoms with van der Waals surface area (Å²) in [5.41, 5.74) is 1.98. The number of anilines is 1. The van der Waals surface area contributed by atoms with Gasteiger partial charge in [0.2, 0.25) is 0 Å². The topological polar surface area (TPSA) is 38.1 Å². The van der Waals surface area contributed by atoms with E-state index in [0.29, 0.717) is 6.54 Å². The quantitative estimate of drug-likeness (QED) is 0.788. The van der Waals surface area contributed by atoms with Crippen molar-refractivity contribution in [2.75, 3.05) is 5.32 Å². The van der Waals surface area contributed by atoms with Gasteiger partial charge in [0.25, 0.3) is 0 Å². The van der Waals surface area contributed by atoms with Crippen LogP contribution in [0.5, 0.6) is 0 Å². The predicted octanol–water partition coefficient (Wildman–Crippen LogP) is 4.20. The molecule has 0 fully saturated rings. The van der Waals surface area contributed by atoms with Crippen LogP contribution in [0.3, 0.4) is 0 Å². The third kappa shape index (κ3) is 2.24. The number of hydrogen-bond acceptors (Lipinski definition) is 3. The SMILES string of the molecule is Brc1cnc2c(NCc3ccco3)cccc2c1. The lowest BCUT2D eigenvalue weighted by Gasteiger charge is -2.07. The summed E-state index contributed by atoms with van der Waals surface area (Å²) in [5, 5.41) is 4.44. The average molecular weight is 303 g/mol. The first kappa shape index (κ1) is 11.3. The number of para-hydroxylation sites is 1. The highest BCUT2D eigenvalue weighted by molar-refractivity contribution is 9.10. The second-order valence-corrected chi connectivity index (χ2v) is 4.88. The Kier molecular flexibility index (Phi) is 3.02. The number of aromatic nitrogens is 1. The van der Waals surface area contributed by atoms with Gasteiger partial charge in [-0.15, -0.1) is 0 Å². The minimum Gasteiger partial charge on any atom is -0.467 e. The van der Waals surface area contributed by atoms with Gasteiger partial charge in [0.05, 0.1) is 24.0 Å². The zero-order valence-corrected chi connectivity index (χ0v) is 11.1. The maximum atomic E-state index is 5.30. The minimum atomic E-state index is 0.657. The van der Waals surface area contributed by atoms with Crippen molar-refractivity contribution in [1.82, 2.24) is 4.98 Å². The fourth-order valence-electron chi connectivity index (χ4n) is 1.87. The fraction of sp³-hybridized carbons (Fsp3) is 0.0714. The maximum Gasteiger partial charge on any atom is 0.122 e. The van der Waals surface area contributed by atoms with Crippen LogP contribution in [0, 0.1) is 0 Å². The molecule has 0 unspecified atom stereocenters. The molecule has 0 bridgehead atoms. The molecular formula is C14H11BrN2O. The molecule has 1 N–H and O–H groups in total. The molecule has 2 heterocycles. The Labute approximate surface area is 113 Å². The van der Waals surface area contributed by atoms with Crippen molar-refractivity contribution in [1.29, 1.82) is 0 Å². The third-order valence-corrected chi connectivity index (χ3v) is 3.14. The Bertz CT molecular complexity index is 665. The Hall–Kier alpha value is -1.81. The molecule has 0 amide bonds. The van der Waals surface area contributed by atoms with E-state index < -0.39 is 0 Å². The van der Waals surface area contributed by atoms with Gasteiger partial charge in [-0.2, -0.15) is 0 Å².